The van der Waals surface area contributed by atoms with Gasteiger partial charge in [-0.15, -0.1) is 0 Å². The molecule has 0 aliphatic carbocycles. The van der Waals surface area contributed by atoms with Crippen LogP contribution in [-0.2, 0) is 22.8 Å². The van der Waals surface area contributed by atoms with Gasteiger partial charge >= 0.3 is 0 Å². The molecule has 5 nitrogen and oxygen atoms in total. The minimum absolute atomic E-state index is 0.158. The Hall–Kier alpha value is -0.880. The zero-order valence-electron chi connectivity index (χ0n) is 9.69. The SMILES string of the molecule is CCc1cnc(CNCCS(=O)(=O)CC)o1. The van der Waals surface area contributed by atoms with Crippen LogP contribution in [0.25, 0.3) is 0 Å². The van der Waals surface area contributed by atoms with Crippen LogP contribution in [0.3, 0.4) is 0 Å². The van der Waals surface area contributed by atoms with Crippen LogP contribution in [-0.4, -0.2) is 31.5 Å². The van der Waals surface area contributed by atoms with Gasteiger partial charge in [0.2, 0.25) is 5.89 Å². The van der Waals surface area contributed by atoms with E-state index in [1.807, 2.05) is 6.92 Å². The van der Waals surface area contributed by atoms with Crippen LogP contribution in [0.15, 0.2) is 10.6 Å². The number of sulfone groups is 1. The second kappa shape index (κ2) is 6.00. The summed E-state index contributed by atoms with van der Waals surface area (Å²) in [6, 6.07) is 0. The molecular weight excluding hydrogens is 228 g/mol. The zero-order valence-corrected chi connectivity index (χ0v) is 10.5. The smallest absolute Gasteiger partial charge is 0.208 e. The molecule has 0 aromatic carbocycles. The molecule has 0 atom stereocenters. The third-order valence-corrected chi connectivity index (χ3v) is 3.96. The summed E-state index contributed by atoms with van der Waals surface area (Å²) in [6.07, 6.45) is 2.51. The number of aromatic nitrogens is 1. The van der Waals surface area contributed by atoms with Gasteiger partial charge in [0.25, 0.3) is 0 Å². The third kappa shape index (κ3) is 4.32. The van der Waals surface area contributed by atoms with Crippen LogP contribution in [0.5, 0.6) is 0 Å². The predicted molar refractivity (Wildman–Crippen MR) is 61.9 cm³/mol. The molecule has 92 valence electrons. The lowest BCUT2D eigenvalue weighted by molar-refractivity contribution is 0.442. The fourth-order valence-corrected chi connectivity index (χ4v) is 1.90. The second-order valence-corrected chi connectivity index (χ2v) is 5.96. The van der Waals surface area contributed by atoms with E-state index in [0.29, 0.717) is 19.0 Å². The van der Waals surface area contributed by atoms with Gasteiger partial charge in [-0.25, -0.2) is 13.4 Å². The van der Waals surface area contributed by atoms with Gasteiger partial charge in [0, 0.05) is 18.7 Å². The van der Waals surface area contributed by atoms with Crippen LogP contribution < -0.4 is 5.32 Å². The van der Waals surface area contributed by atoms with Gasteiger partial charge < -0.3 is 9.73 Å². The van der Waals surface area contributed by atoms with E-state index < -0.39 is 9.84 Å². The monoisotopic (exact) mass is 246 g/mol. The molecule has 1 heterocycles. The fraction of sp³-hybridized carbons (Fsp3) is 0.700. The van der Waals surface area contributed by atoms with Gasteiger partial charge in [0.15, 0.2) is 9.84 Å². The van der Waals surface area contributed by atoms with E-state index >= 15 is 0 Å². The first-order valence-corrected chi connectivity index (χ1v) is 7.24. The van der Waals surface area contributed by atoms with E-state index in [9.17, 15) is 8.42 Å². The molecule has 0 aliphatic rings. The maximum absolute atomic E-state index is 11.2. The van der Waals surface area contributed by atoms with Gasteiger partial charge in [0.1, 0.15) is 5.76 Å². The summed E-state index contributed by atoms with van der Waals surface area (Å²) in [5.41, 5.74) is 0. The van der Waals surface area contributed by atoms with E-state index in [2.05, 4.69) is 10.3 Å². The molecule has 1 aromatic heterocycles. The van der Waals surface area contributed by atoms with E-state index in [0.717, 1.165) is 12.2 Å². The Kier molecular flexibility index (Phi) is 4.95. The molecule has 6 heteroatoms. The topological polar surface area (TPSA) is 72.2 Å². The van der Waals surface area contributed by atoms with E-state index in [-0.39, 0.29) is 11.5 Å². The van der Waals surface area contributed by atoms with Gasteiger partial charge in [-0.1, -0.05) is 13.8 Å². The van der Waals surface area contributed by atoms with Gasteiger partial charge in [0.05, 0.1) is 18.5 Å². The first kappa shape index (κ1) is 13.2. The largest absolute Gasteiger partial charge is 0.444 e. The van der Waals surface area contributed by atoms with Crippen molar-refractivity contribution in [1.29, 1.82) is 0 Å². The number of hydrogen-bond acceptors (Lipinski definition) is 5. The number of nitrogens with one attached hydrogen (secondary N) is 1. The lowest BCUT2D eigenvalue weighted by atomic mass is 10.4. The summed E-state index contributed by atoms with van der Waals surface area (Å²) >= 11 is 0. The Balaban J connectivity index is 2.26. The Labute approximate surface area is 96.2 Å². The summed E-state index contributed by atoms with van der Waals surface area (Å²) in [5, 5.41) is 2.99. The number of aryl methyl sites for hydroxylation is 1. The molecule has 1 N–H and O–H groups in total. The highest BCUT2D eigenvalue weighted by Crippen LogP contribution is 2.03. The van der Waals surface area contributed by atoms with Crippen molar-refractivity contribution in [3.8, 4) is 0 Å². The van der Waals surface area contributed by atoms with Crippen LogP contribution in [0.2, 0.25) is 0 Å². The standard InChI is InChI=1S/C10H18N2O3S/c1-3-9-7-12-10(15-9)8-11-5-6-16(13,14)4-2/h7,11H,3-6,8H2,1-2H3. The predicted octanol–water partition coefficient (Wildman–Crippen LogP) is 0.761. The summed E-state index contributed by atoms with van der Waals surface area (Å²) in [5.74, 6) is 1.79. The quantitative estimate of drug-likeness (QED) is 0.719. The van der Waals surface area contributed by atoms with Gasteiger partial charge in [-0.2, -0.15) is 0 Å². The van der Waals surface area contributed by atoms with Gasteiger partial charge in [-0.05, 0) is 0 Å². The maximum atomic E-state index is 11.2. The van der Waals surface area contributed by atoms with Crippen LogP contribution in [0.1, 0.15) is 25.5 Å². The molecule has 0 radical (unpaired) electrons. The van der Waals surface area contributed by atoms with Crippen molar-refractivity contribution < 1.29 is 12.8 Å². The Morgan fingerprint density at radius 2 is 2.19 bits per heavy atom. The normalized spacial score (nSPS) is 11.9. The molecule has 1 aromatic rings. The number of hydrogen-bond donors (Lipinski definition) is 1. The highest BCUT2D eigenvalue weighted by atomic mass is 32.2. The molecular formula is C10H18N2O3S. The number of rotatable bonds is 7. The minimum Gasteiger partial charge on any atom is -0.444 e. The van der Waals surface area contributed by atoms with Crippen molar-refractivity contribution in [2.45, 2.75) is 26.8 Å². The lowest BCUT2D eigenvalue weighted by Crippen LogP contribution is -2.23. The maximum Gasteiger partial charge on any atom is 0.208 e. The van der Waals surface area contributed by atoms with Crippen LogP contribution in [0, 0.1) is 0 Å². The highest BCUT2D eigenvalue weighted by molar-refractivity contribution is 7.91. The first-order chi connectivity index (χ1) is 7.57. The summed E-state index contributed by atoms with van der Waals surface area (Å²) in [6.45, 7) is 4.54. The summed E-state index contributed by atoms with van der Waals surface area (Å²) in [4.78, 5) is 4.06. The lowest BCUT2D eigenvalue weighted by Gasteiger charge is -2.02. The van der Waals surface area contributed by atoms with Crippen molar-refractivity contribution in [3.05, 3.63) is 17.8 Å². The fourth-order valence-electron chi connectivity index (χ4n) is 1.16. The number of nitrogens with zero attached hydrogens (tertiary/aromatic N) is 1. The van der Waals surface area contributed by atoms with Crippen LogP contribution >= 0.6 is 0 Å². The van der Waals surface area contributed by atoms with Crippen molar-refractivity contribution >= 4 is 9.84 Å². The molecule has 16 heavy (non-hydrogen) atoms. The average Bonchev–Trinajstić information content (AvgIpc) is 2.72. The van der Waals surface area contributed by atoms with E-state index in [1.54, 1.807) is 13.1 Å². The minimum atomic E-state index is -2.89. The highest BCUT2D eigenvalue weighted by Gasteiger charge is 2.07. The molecule has 0 saturated heterocycles. The van der Waals surface area contributed by atoms with Crippen molar-refractivity contribution in [1.82, 2.24) is 10.3 Å². The van der Waals surface area contributed by atoms with E-state index in [4.69, 9.17) is 4.42 Å². The molecule has 0 aliphatic heterocycles. The molecule has 0 saturated carbocycles. The molecule has 0 spiro atoms. The van der Waals surface area contributed by atoms with Crippen LogP contribution in [0.4, 0.5) is 0 Å². The summed E-state index contributed by atoms with van der Waals surface area (Å²) < 4.78 is 27.7. The van der Waals surface area contributed by atoms with Crippen molar-refractivity contribution in [2.75, 3.05) is 18.1 Å². The number of oxazole rings is 1. The molecule has 0 amide bonds. The molecule has 0 unspecified atom stereocenters. The Morgan fingerprint density at radius 1 is 1.44 bits per heavy atom. The molecule has 1 rings (SSSR count). The molecule has 0 bridgehead atoms. The van der Waals surface area contributed by atoms with Gasteiger partial charge in [-0.3, -0.25) is 0 Å². The third-order valence-electron chi connectivity index (χ3n) is 2.26. The Morgan fingerprint density at radius 3 is 2.75 bits per heavy atom. The Bertz CT molecular complexity index is 411. The second-order valence-electron chi connectivity index (χ2n) is 3.49. The van der Waals surface area contributed by atoms with Crippen molar-refractivity contribution in [3.63, 3.8) is 0 Å². The van der Waals surface area contributed by atoms with Crippen molar-refractivity contribution in [2.24, 2.45) is 0 Å². The zero-order chi connectivity index (χ0) is 12.0. The summed E-state index contributed by atoms with van der Waals surface area (Å²) in [7, 11) is -2.89. The first-order valence-electron chi connectivity index (χ1n) is 5.42. The molecule has 0 fully saturated rings. The van der Waals surface area contributed by atoms with E-state index in [1.165, 1.54) is 0 Å². The average molecular weight is 246 g/mol.